The summed E-state index contributed by atoms with van der Waals surface area (Å²) in [6.07, 6.45) is 2.03. The minimum absolute atomic E-state index is 0.0676. The van der Waals surface area contributed by atoms with Gasteiger partial charge in [0.15, 0.2) is 11.6 Å². The molecule has 172 valence electrons. The van der Waals surface area contributed by atoms with Crippen molar-refractivity contribution in [2.24, 2.45) is 0 Å². The summed E-state index contributed by atoms with van der Waals surface area (Å²) in [5.74, 6) is 0.341. The maximum atomic E-state index is 15.2. The number of hydrogen-bond acceptors (Lipinski definition) is 6. The second kappa shape index (κ2) is 9.46. The van der Waals surface area contributed by atoms with Crippen molar-refractivity contribution in [1.82, 2.24) is 15.2 Å². The monoisotopic (exact) mass is 494 g/mol. The fourth-order valence-corrected chi connectivity index (χ4v) is 4.54. The molecular weight excluding hydrogens is 459 g/mol. The van der Waals surface area contributed by atoms with Gasteiger partial charge in [0.25, 0.3) is 0 Å². The molecule has 2 aromatic rings. The van der Waals surface area contributed by atoms with E-state index in [2.05, 4.69) is 57.4 Å². The normalized spacial score (nSPS) is 18.5. The first-order valence-corrected chi connectivity index (χ1v) is 12.0. The lowest BCUT2D eigenvalue weighted by atomic mass is 9.90. The Labute approximate surface area is 193 Å². The van der Waals surface area contributed by atoms with E-state index in [1.807, 2.05) is 26.8 Å². The Hall–Kier alpha value is -1.64. The van der Waals surface area contributed by atoms with Crippen LogP contribution in [0.15, 0.2) is 10.5 Å². The minimum atomic E-state index is -0.328. The molecule has 31 heavy (non-hydrogen) atoms. The van der Waals surface area contributed by atoms with Crippen LogP contribution < -0.4 is 21.3 Å². The van der Waals surface area contributed by atoms with Crippen LogP contribution in [0.25, 0.3) is 10.9 Å². The highest BCUT2D eigenvalue weighted by Crippen LogP contribution is 2.42. The van der Waals surface area contributed by atoms with Gasteiger partial charge < -0.3 is 26.2 Å². The molecule has 2 fully saturated rings. The summed E-state index contributed by atoms with van der Waals surface area (Å²) in [5, 5.41) is 7.76. The number of nitrogens with two attached hydrogens (primary N) is 1. The van der Waals surface area contributed by atoms with Gasteiger partial charge in [-0.3, -0.25) is 0 Å². The van der Waals surface area contributed by atoms with Crippen molar-refractivity contribution in [2.45, 2.75) is 52.1 Å². The summed E-state index contributed by atoms with van der Waals surface area (Å²) in [6.45, 7) is 11.7. The van der Waals surface area contributed by atoms with E-state index in [0.717, 1.165) is 55.7 Å². The first-order chi connectivity index (χ1) is 14.7. The number of anilines is 3. The van der Waals surface area contributed by atoms with Crippen molar-refractivity contribution in [1.29, 1.82) is 0 Å². The van der Waals surface area contributed by atoms with Crippen molar-refractivity contribution < 1.29 is 4.39 Å². The number of nitrogens with one attached hydrogen (secondary N) is 2. The third-order valence-electron chi connectivity index (χ3n) is 6.49. The lowest BCUT2D eigenvalue weighted by Crippen LogP contribution is -2.67. The molecule has 2 aliphatic heterocycles. The smallest absolute Gasteiger partial charge is 0.164 e. The third-order valence-corrected chi connectivity index (χ3v) is 7.46. The summed E-state index contributed by atoms with van der Waals surface area (Å²) in [4.78, 5) is 9.07. The average molecular weight is 495 g/mol. The molecule has 0 radical (unpaired) electrons. The number of aryl methyl sites for hydroxylation is 1. The highest BCUT2D eigenvalue weighted by Gasteiger charge is 2.42. The largest absolute Gasteiger partial charge is 0.394 e. The number of piperidine rings is 1. The van der Waals surface area contributed by atoms with E-state index in [-0.39, 0.29) is 11.4 Å². The predicted octanol–water partition coefficient (Wildman–Crippen LogP) is 4.36. The van der Waals surface area contributed by atoms with Crippen molar-refractivity contribution in [3.8, 4) is 0 Å². The van der Waals surface area contributed by atoms with Gasteiger partial charge in [0, 0.05) is 24.5 Å². The fourth-order valence-electron chi connectivity index (χ4n) is 4.24. The molecule has 1 aromatic heterocycles. The summed E-state index contributed by atoms with van der Waals surface area (Å²) in [6, 6.07) is 2.28. The first-order valence-electron chi connectivity index (χ1n) is 11.2. The number of likely N-dealkylation sites (N-methyl/N-ethyl adjacent to an activating group) is 1. The van der Waals surface area contributed by atoms with Gasteiger partial charge in [-0.15, -0.1) is 0 Å². The van der Waals surface area contributed by atoms with E-state index >= 15 is 4.39 Å². The van der Waals surface area contributed by atoms with Gasteiger partial charge >= 0.3 is 0 Å². The van der Waals surface area contributed by atoms with Gasteiger partial charge in [0.05, 0.1) is 21.4 Å². The maximum Gasteiger partial charge on any atom is 0.164 e. The van der Waals surface area contributed by atoms with Crippen molar-refractivity contribution in [2.75, 3.05) is 56.2 Å². The molecule has 1 aromatic carbocycles. The van der Waals surface area contributed by atoms with Crippen LogP contribution >= 0.6 is 15.9 Å². The Kier molecular flexibility index (Phi) is 7.33. The fraction of sp³-hybridized carbons (Fsp3) is 0.609. The second-order valence-electron chi connectivity index (χ2n) is 8.86. The average Bonchev–Trinajstić information content (AvgIpc) is 2.74. The maximum absolute atomic E-state index is 15.2. The van der Waals surface area contributed by atoms with Crippen LogP contribution in [-0.2, 0) is 0 Å². The molecule has 2 aliphatic rings. The van der Waals surface area contributed by atoms with E-state index in [1.165, 1.54) is 0 Å². The van der Waals surface area contributed by atoms with E-state index in [9.17, 15) is 0 Å². The van der Waals surface area contributed by atoms with Crippen LogP contribution in [0.1, 0.15) is 39.2 Å². The standard InChI is InChI=1S/C21H30BrFN6.C2H6/c1-12-9-14-18(16(23)15(12)22)27-20(29-10-21(2,11-29)28(3)4)17(24)19(14)26-13-5-7-25-8-6-13;1-2/h9,13,25H,5-8,10-11,24H2,1-4H3,(H,26,27);1-2H3. The Bertz CT molecular complexity index is 936. The van der Waals surface area contributed by atoms with E-state index in [1.54, 1.807) is 0 Å². The second-order valence-corrected chi connectivity index (χ2v) is 9.65. The molecule has 0 amide bonds. The highest BCUT2D eigenvalue weighted by atomic mass is 79.9. The van der Waals surface area contributed by atoms with Gasteiger partial charge in [-0.25, -0.2) is 9.37 Å². The highest BCUT2D eigenvalue weighted by molar-refractivity contribution is 9.10. The van der Waals surface area contributed by atoms with Crippen LogP contribution in [0.5, 0.6) is 0 Å². The quantitative estimate of drug-likeness (QED) is 0.586. The minimum Gasteiger partial charge on any atom is -0.394 e. The van der Waals surface area contributed by atoms with Gasteiger partial charge in [-0.1, -0.05) is 13.8 Å². The molecule has 2 saturated heterocycles. The number of nitrogen functional groups attached to an aromatic ring is 1. The molecule has 0 saturated carbocycles. The molecule has 4 rings (SSSR count). The van der Waals surface area contributed by atoms with Crippen molar-refractivity contribution in [3.63, 3.8) is 0 Å². The molecular formula is C23H36BrFN6. The van der Waals surface area contributed by atoms with Crippen LogP contribution in [-0.4, -0.2) is 61.7 Å². The molecule has 0 spiro atoms. The van der Waals surface area contributed by atoms with Crippen LogP contribution in [0.2, 0.25) is 0 Å². The van der Waals surface area contributed by atoms with Crippen LogP contribution in [0, 0.1) is 12.7 Å². The molecule has 0 bridgehead atoms. The van der Waals surface area contributed by atoms with E-state index in [4.69, 9.17) is 10.7 Å². The third kappa shape index (κ3) is 4.47. The van der Waals surface area contributed by atoms with Gasteiger partial charge in [-0.2, -0.15) is 0 Å². The van der Waals surface area contributed by atoms with Gasteiger partial charge in [-0.05, 0) is 81.4 Å². The molecule has 8 heteroatoms. The number of halogens is 2. The Morgan fingerprint density at radius 2 is 1.90 bits per heavy atom. The number of rotatable bonds is 4. The van der Waals surface area contributed by atoms with Crippen molar-refractivity contribution >= 4 is 44.0 Å². The molecule has 0 atom stereocenters. The zero-order valence-electron chi connectivity index (χ0n) is 19.6. The topological polar surface area (TPSA) is 69.5 Å². The Balaban J connectivity index is 0.00000132. The summed E-state index contributed by atoms with van der Waals surface area (Å²) in [7, 11) is 4.16. The van der Waals surface area contributed by atoms with Gasteiger partial charge in [0.2, 0.25) is 0 Å². The van der Waals surface area contributed by atoms with E-state index < -0.39 is 0 Å². The molecule has 6 nitrogen and oxygen atoms in total. The summed E-state index contributed by atoms with van der Waals surface area (Å²) < 4.78 is 15.6. The molecule has 4 N–H and O–H groups in total. The Morgan fingerprint density at radius 3 is 2.48 bits per heavy atom. The van der Waals surface area contributed by atoms with Crippen LogP contribution in [0.3, 0.4) is 0 Å². The summed E-state index contributed by atoms with van der Waals surface area (Å²) >= 11 is 3.38. The molecule has 3 heterocycles. The zero-order valence-corrected chi connectivity index (χ0v) is 21.2. The van der Waals surface area contributed by atoms with Crippen LogP contribution in [0.4, 0.5) is 21.6 Å². The van der Waals surface area contributed by atoms with Crippen molar-refractivity contribution in [3.05, 3.63) is 21.9 Å². The Morgan fingerprint density at radius 1 is 1.29 bits per heavy atom. The van der Waals surface area contributed by atoms with Gasteiger partial charge in [0.1, 0.15) is 5.52 Å². The SMILES string of the molecule is CC.Cc1cc2c(NC3CCNCC3)c(N)c(N3CC(C)(N(C)C)C3)nc2c(F)c1Br. The number of pyridine rings is 1. The number of aromatic nitrogens is 1. The number of benzene rings is 1. The predicted molar refractivity (Wildman–Crippen MR) is 134 cm³/mol. The summed E-state index contributed by atoms with van der Waals surface area (Å²) in [5.41, 5.74) is 9.33. The number of hydrogen-bond donors (Lipinski definition) is 3. The first kappa shape index (κ1) is 24.0. The lowest BCUT2D eigenvalue weighted by Gasteiger charge is -2.52. The molecule has 0 unspecified atom stereocenters. The van der Waals surface area contributed by atoms with E-state index in [0.29, 0.717) is 27.5 Å². The zero-order chi connectivity index (χ0) is 22.9. The number of nitrogens with zero attached hydrogens (tertiary/aromatic N) is 3. The molecule has 0 aliphatic carbocycles. The number of fused-ring (bicyclic) bond motifs is 1. The lowest BCUT2D eigenvalue weighted by molar-refractivity contribution is 0.133.